The molecule has 1 aromatic heterocycles. The Labute approximate surface area is 114 Å². The fourth-order valence-corrected chi connectivity index (χ4v) is 1.46. The van der Waals surface area contributed by atoms with Gasteiger partial charge in [0.25, 0.3) is 5.69 Å². The van der Waals surface area contributed by atoms with E-state index in [0.717, 1.165) is 5.56 Å². The number of rotatable bonds is 5. The van der Waals surface area contributed by atoms with Gasteiger partial charge in [-0.05, 0) is 29.8 Å². The van der Waals surface area contributed by atoms with Crippen LogP contribution in [-0.4, -0.2) is 15.7 Å². The molecule has 0 fully saturated rings. The van der Waals surface area contributed by atoms with Gasteiger partial charge in [-0.25, -0.2) is 0 Å². The van der Waals surface area contributed by atoms with Crippen molar-refractivity contribution in [1.82, 2.24) is 4.98 Å². The van der Waals surface area contributed by atoms with Crippen molar-refractivity contribution in [3.63, 3.8) is 0 Å². The molecule has 0 unspecified atom stereocenters. The third-order valence-electron chi connectivity index (χ3n) is 2.50. The number of nitrogens with zero attached hydrogens (tertiary/aromatic N) is 3. The fourth-order valence-electron chi connectivity index (χ4n) is 1.46. The minimum Gasteiger partial charge on any atom is -0.389 e. The number of hydrogen-bond donors (Lipinski definition) is 1. The average Bonchev–Trinajstić information content (AvgIpc) is 2.48. The summed E-state index contributed by atoms with van der Waals surface area (Å²) in [5, 5.41) is 14.3. The lowest BCUT2D eigenvalue weighted by atomic mass is 10.2. The number of nitro benzene ring substituents is 1. The standard InChI is InChI=1S/C13H12N4O3/c14-13(11-2-1-7-15-8-11)16-20-9-10-3-5-12(6-4-10)17(18)19/h1-8H,9H2,(H2,14,16). The number of nitro groups is 1. The predicted molar refractivity (Wildman–Crippen MR) is 72.8 cm³/mol. The number of oxime groups is 1. The third-order valence-corrected chi connectivity index (χ3v) is 2.50. The van der Waals surface area contributed by atoms with E-state index in [4.69, 9.17) is 10.6 Å². The van der Waals surface area contributed by atoms with E-state index in [0.29, 0.717) is 5.56 Å². The highest BCUT2D eigenvalue weighted by Crippen LogP contribution is 2.12. The van der Waals surface area contributed by atoms with Crippen LogP contribution in [0.15, 0.2) is 53.9 Å². The Bertz CT molecular complexity index is 611. The average molecular weight is 272 g/mol. The minimum absolute atomic E-state index is 0.0344. The van der Waals surface area contributed by atoms with E-state index in [1.54, 1.807) is 36.7 Å². The Morgan fingerprint density at radius 1 is 1.35 bits per heavy atom. The predicted octanol–water partition coefficient (Wildman–Crippen LogP) is 1.83. The van der Waals surface area contributed by atoms with Crippen LogP contribution in [0.5, 0.6) is 0 Å². The van der Waals surface area contributed by atoms with Gasteiger partial charge in [0.15, 0.2) is 5.84 Å². The lowest BCUT2D eigenvalue weighted by molar-refractivity contribution is -0.384. The number of hydrogen-bond acceptors (Lipinski definition) is 5. The van der Waals surface area contributed by atoms with Crippen LogP contribution in [0.2, 0.25) is 0 Å². The zero-order chi connectivity index (χ0) is 14.4. The van der Waals surface area contributed by atoms with Crippen molar-refractivity contribution in [2.24, 2.45) is 10.9 Å². The number of nitrogens with two attached hydrogens (primary N) is 1. The van der Waals surface area contributed by atoms with Gasteiger partial charge in [-0.3, -0.25) is 15.1 Å². The minimum atomic E-state index is -0.455. The molecule has 102 valence electrons. The van der Waals surface area contributed by atoms with Crippen molar-refractivity contribution in [1.29, 1.82) is 0 Å². The van der Waals surface area contributed by atoms with Crippen LogP contribution >= 0.6 is 0 Å². The highest BCUT2D eigenvalue weighted by Gasteiger charge is 2.04. The topological polar surface area (TPSA) is 104 Å². The summed E-state index contributed by atoms with van der Waals surface area (Å²) in [6.45, 7) is 0.180. The van der Waals surface area contributed by atoms with Crippen molar-refractivity contribution >= 4 is 11.5 Å². The summed E-state index contributed by atoms with van der Waals surface area (Å²) < 4.78 is 0. The molecule has 0 amide bonds. The first kappa shape index (κ1) is 13.5. The molecule has 0 saturated heterocycles. The Hall–Kier alpha value is -2.96. The summed E-state index contributed by atoms with van der Waals surface area (Å²) >= 11 is 0. The van der Waals surface area contributed by atoms with Crippen LogP contribution in [0.25, 0.3) is 0 Å². The number of non-ortho nitro benzene ring substituents is 1. The molecule has 20 heavy (non-hydrogen) atoms. The van der Waals surface area contributed by atoms with Crippen LogP contribution in [-0.2, 0) is 11.4 Å². The number of benzene rings is 1. The van der Waals surface area contributed by atoms with Gasteiger partial charge in [0.05, 0.1) is 4.92 Å². The van der Waals surface area contributed by atoms with E-state index in [-0.39, 0.29) is 18.1 Å². The molecule has 7 nitrogen and oxygen atoms in total. The van der Waals surface area contributed by atoms with Gasteiger partial charge in [-0.1, -0.05) is 5.16 Å². The maximum absolute atomic E-state index is 10.5. The van der Waals surface area contributed by atoms with Crippen molar-refractivity contribution in [3.8, 4) is 0 Å². The van der Waals surface area contributed by atoms with Crippen molar-refractivity contribution in [3.05, 3.63) is 70.0 Å². The first-order valence-corrected chi connectivity index (χ1v) is 5.76. The van der Waals surface area contributed by atoms with Gasteiger partial charge in [-0.2, -0.15) is 0 Å². The molecule has 0 aliphatic carbocycles. The van der Waals surface area contributed by atoms with Crippen molar-refractivity contribution < 1.29 is 9.76 Å². The molecule has 0 aliphatic heterocycles. The Kier molecular flexibility index (Phi) is 4.23. The molecule has 2 rings (SSSR count). The molecule has 0 atom stereocenters. The second kappa shape index (κ2) is 6.28. The molecule has 7 heteroatoms. The van der Waals surface area contributed by atoms with Gasteiger partial charge in [0.1, 0.15) is 6.61 Å². The van der Waals surface area contributed by atoms with Gasteiger partial charge >= 0.3 is 0 Å². The van der Waals surface area contributed by atoms with Crippen LogP contribution in [0.3, 0.4) is 0 Å². The second-order valence-corrected chi connectivity index (χ2v) is 3.92. The zero-order valence-electron chi connectivity index (χ0n) is 10.5. The fraction of sp³-hybridized carbons (Fsp3) is 0.0769. The summed E-state index contributed by atoms with van der Waals surface area (Å²) in [7, 11) is 0. The van der Waals surface area contributed by atoms with E-state index >= 15 is 0 Å². The molecule has 2 N–H and O–H groups in total. The first-order valence-electron chi connectivity index (χ1n) is 5.76. The monoisotopic (exact) mass is 272 g/mol. The summed E-state index contributed by atoms with van der Waals surface area (Å²) in [5.74, 6) is 0.222. The van der Waals surface area contributed by atoms with Gasteiger partial charge < -0.3 is 10.6 Å². The van der Waals surface area contributed by atoms with Crippen molar-refractivity contribution in [2.75, 3.05) is 0 Å². The maximum Gasteiger partial charge on any atom is 0.269 e. The first-order chi connectivity index (χ1) is 9.66. The van der Waals surface area contributed by atoms with Gasteiger partial charge in [-0.15, -0.1) is 0 Å². The maximum atomic E-state index is 10.5. The van der Waals surface area contributed by atoms with E-state index in [1.807, 2.05) is 0 Å². The largest absolute Gasteiger partial charge is 0.389 e. The van der Waals surface area contributed by atoms with Gasteiger partial charge in [0.2, 0.25) is 0 Å². The third kappa shape index (κ3) is 3.52. The molecule has 1 aromatic carbocycles. The molecule has 1 heterocycles. The summed E-state index contributed by atoms with van der Waals surface area (Å²) in [6.07, 6.45) is 3.21. The molecular weight excluding hydrogens is 260 g/mol. The number of amidine groups is 1. The van der Waals surface area contributed by atoms with Crippen LogP contribution in [0.4, 0.5) is 5.69 Å². The Morgan fingerprint density at radius 3 is 2.70 bits per heavy atom. The molecule has 0 bridgehead atoms. The van der Waals surface area contributed by atoms with Gasteiger partial charge in [0, 0.05) is 30.1 Å². The normalized spacial score (nSPS) is 11.1. The quantitative estimate of drug-likeness (QED) is 0.387. The van der Waals surface area contributed by atoms with E-state index in [1.165, 1.54) is 12.1 Å². The highest BCUT2D eigenvalue weighted by molar-refractivity contribution is 5.96. The highest BCUT2D eigenvalue weighted by atomic mass is 16.6. The number of aromatic nitrogens is 1. The molecule has 0 saturated carbocycles. The Morgan fingerprint density at radius 2 is 2.10 bits per heavy atom. The summed E-state index contributed by atoms with van der Waals surface area (Å²) in [4.78, 5) is 19.1. The van der Waals surface area contributed by atoms with Crippen molar-refractivity contribution in [2.45, 2.75) is 6.61 Å². The lowest BCUT2D eigenvalue weighted by Crippen LogP contribution is -2.13. The van der Waals surface area contributed by atoms with E-state index < -0.39 is 4.92 Å². The SMILES string of the molecule is N/C(=N\OCc1ccc([N+](=O)[O-])cc1)c1cccnc1. The zero-order valence-corrected chi connectivity index (χ0v) is 10.5. The molecule has 0 radical (unpaired) electrons. The molecular formula is C13H12N4O3. The number of pyridine rings is 1. The van der Waals surface area contributed by atoms with E-state index in [2.05, 4.69) is 10.1 Å². The van der Waals surface area contributed by atoms with Crippen LogP contribution in [0.1, 0.15) is 11.1 Å². The Balaban J connectivity index is 1.94. The summed E-state index contributed by atoms with van der Waals surface area (Å²) in [6, 6.07) is 9.54. The van der Waals surface area contributed by atoms with E-state index in [9.17, 15) is 10.1 Å². The van der Waals surface area contributed by atoms with Crippen LogP contribution < -0.4 is 5.73 Å². The molecule has 0 spiro atoms. The summed E-state index contributed by atoms with van der Waals surface area (Å²) in [5.41, 5.74) is 7.18. The smallest absolute Gasteiger partial charge is 0.269 e. The molecule has 0 aliphatic rings. The molecule has 2 aromatic rings. The lowest BCUT2D eigenvalue weighted by Gasteiger charge is -2.02. The van der Waals surface area contributed by atoms with Crippen LogP contribution in [0, 0.1) is 10.1 Å². The second-order valence-electron chi connectivity index (χ2n) is 3.92.